The molecule has 7 heteroatoms. The Morgan fingerprint density at radius 1 is 1.00 bits per heavy atom. The Labute approximate surface area is 162 Å². The predicted octanol–water partition coefficient (Wildman–Crippen LogP) is 4.57. The number of nitrogens with one attached hydrogen (secondary N) is 1. The molecule has 5 nitrogen and oxygen atoms in total. The maximum atomic E-state index is 13.6. The maximum Gasteiger partial charge on any atom is 0.338 e. The normalized spacial score (nSPS) is 11.8. The Kier molecular flexibility index (Phi) is 7.49. The highest BCUT2D eigenvalue weighted by Gasteiger charge is 2.21. The van der Waals surface area contributed by atoms with Crippen LogP contribution < -0.4 is 10.1 Å². The van der Waals surface area contributed by atoms with Crippen LogP contribution in [0.15, 0.2) is 42.5 Å². The maximum absolute atomic E-state index is 13.6. The van der Waals surface area contributed by atoms with Crippen LogP contribution in [0.5, 0.6) is 5.75 Å². The molecule has 0 aliphatic carbocycles. The number of amides is 1. The van der Waals surface area contributed by atoms with Crippen molar-refractivity contribution >= 4 is 17.6 Å². The van der Waals surface area contributed by atoms with Gasteiger partial charge in [-0.1, -0.05) is 19.9 Å². The number of hydrogen-bond donors (Lipinski definition) is 1. The molecule has 150 valence electrons. The van der Waals surface area contributed by atoms with E-state index < -0.39 is 35.3 Å². The minimum Gasteiger partial charge on any atom is -0.494 e. The van der Waals surface area contributed by atoms with Gasteiger partial charge in [0.05, 0.1) is 12.2 Å². The first-order valence-corrected chi connectivity index (χ1v) is 8.96. The van der Waals surface area contributed by atoms with Crippen molar-refractivity contribution in [2.45, 2.75) is 33.3 Å². The largest absolute Gasteiger partial charge is 0.494 e. The van der Waals surface area contributed by atoms with E-state index >= 15 is 0 Å². The lowest BCUT2D eigenvalue weighted by Crippen LogP contribution is -2.30. The molecule has 0 saturated carbocycles. The molecule has 2 aromatic rings. The lowest BCUT2D eigenvalue weighted by molar-refractivity contribution is -0.123. The Balaban J connectivity index is 1.91. The van der Waals surface area contributed by atoms with E-state index in [0.717, 1.165) is 18.6 Å². The number of anilines is 1. The SMILES string of the molecule is CC(C)CCOc1ccc(C(=O)OC(C)C(=O)Nc2c(F)cccc2F)cc1. The first-order chi connectivity index (χ1) is 13.3. The topological polar surface area (TPSA) is 64.6 Å². The Morgan fingerprint density at radius 3 is 2.18 bits per heavy atom. The molecule has 0 heterocycles. The van der Waals surface area contributed by atoms with Gasteiger partial charge in [-0.2, -0.15) is 0 Å². The molecule has 1 amide bonds. The summed E-state index contributed by atoms with van der Waals surface area (Å²) in [5, 5.41) is 2.09. The lowest BCUT2D eigenvalue weighted by Gasteiger charge is -2.14. The van der Waals surface area contributed by atoms with E-state index in [2.05, 4.69) is 19.2 Å². The zero-order chi connectivity index (χ0) is 20.7. The molecule has 28 heavy (non-hydrogen) atoms. The average Bonchev–Trinajstić information content (AvgIpc) is 2.64. The molecular formula is C21H23F2NO4. The summed E-state index contributed by atoms with van der Waals surface area (Å²) in [5.41, 5.74) is -0.355. The molecule has 2 rings (SSSR count). The second-order valence-electron chi connectivity index (χ2n) is 6.69. The molecule has 0 saturated heterocycles. The molecule has 0 bridgehead atoms. The van der Waals surface area contributed by atoms with Gasteiger partial charge in [-0.25, -0.2) is 13.6 Å². The predicted molar refractivity (Wildman–Crippen MR) is 101 cm³/mol. The highest BCUT2D eigenvalue weighted by atomic mass is 19.1. The van der Waals surface area contributed by atoms with Crippen molar-refractivity contribution in [2.24, 2.45) is 5.92 Å². The minimum atomic E-state index is -1.24. The van der Waals surface area contributed by atoms with Crippen LogP contribution in [0.25, 0.3) is 0 Å². The molecule has 1 unspecified atom stereocenters. The van der Waals surface area contributed by atoms with Crippen molar-refractivity contribution < 1.29 is 27.8 Å². The average molecular weight is 391 g/mol. The van der Waals surface area contributed by atoms with Crippen LogP contribution in [-0.2, 0) is 9.53 Å². The molecule has 0 aromatic heterocycles. The Morgan fingerprint density at radius 2 is 1.61 bits per heavy atom. The minimum absolute atomic E-state index is 0.230. The van der Waals surface area contributed by atoms with Crippen LogP contribution in [0.1, 0.15) is 37.6 Å². The fourth-order valence-corrected chi connectivity index (χ4v) is 2.22. The molecule has 1 atom stereocenters. The summed E-state index contributed by atoms with van der Waals surface area (Å²) < 4.78 is 37.8. The van der Waals surface area contributed by atoms with Gasteiger partial charge in [0.1, 0.15) is 23.1 Å². The van der Waals surface area contributed by atoms with Crippen molar-refractivity contribution in [3.05, 3.63) is 59.7 Å². The van der Waals surface area contributed by atoms with Gasteiger partial charge in [0, 0.05) is 0 Å². The number of hydrogen-bond acceptors (Lipinski definition) is 4. The number of carbonyl (C=O) groups is 2. The summed E-state index contributed by atoms with van der Waals surface area (Å²) in [7, 11) is 0. The number of esters is 1. The molecule has 2 aromatic carbocycles. The fraction of sp³-hybridized carbons (Fsp3) is 0.333. The highest BCUT2D eigenvalue weighted by Crippen LogP contribution is 2.19. The number of rotatable bonds is 8. The van der Waals surface area contributed by atoms with Gasteiger partial charge in [0.2, 0.25) is 0 Å². The molecular weight excluding hydrogens is 368 g/mol. The molecule has 0 spiro atoms. The Bertz CT molecular complexity index is 801. The van der Waals surface area contributed by atoms with Crippen molar-refractivity contribution in [1.82, 2.24) is 0 Å². The molecule has 0 aliphatic rings. The molecule has 0 aliphatic heterocycles. The van der Waals surface area contributed by atoms with E-state index in [1.165, 1.54) is 25.1 Å². The molecule has 0 radical (unpaired) electrons. The van der Waals surface area contributed by atoms with Crippen molar-refractivity contribution in [3.8, 4) is 5.75 Å². The summed E-state index contributed by atoms with van der Waals surface area (Å²) in [6.45, 7) is 6.08. The Hall–Kier alpha value is -2.96. The second-order valence-corrected chi connectivity index (χ2v) is 6.69. The number of para-hydroxylation sites is 1. The molecule has 1 N–H and O–H groups in total. The van der Waals surface area contributed by atoms with Crippen LogP contribution in [0.4, 0.5) is 14.5 Å². The quantitative estimate of drug-likeness (QED) is 0.670. The van der Waals surface area contributed by atoms with Crippen molar-refractivity contribution in [1.29, 1.82) is 0 Å². The first-order valence-electron chi connectivity index (χ1n) is 8.96. The van der Waals surface area contributed by atoms with E-state index in [0.29, 0.717) is 18.3 Å². The lowest BCUT2D eigenvalue weighted by atomic mass is 10.1. The number of carbonyl (C=O) groups excluding carboxylic acids is 2. The van der Waals surface area contributed by atoms with E-state index in [1.54, 1.807) is 12.1 Å². The van der Waals surface area contributed by atoms with Gasteiger partial charge < -0.3 is 14.8 Å². The third-order valence-corrected chi connectivity index (χ3v) is 3.92. The van der Waals surface area contributed by atoms with Crippen LogP contribution in [0.3, 0.4) is 0 Å². The van der Waals surface area contributed by atoms with E-state index in [-0.39, 0.29) is 5.56 Å². The van der Waals surface area contributed by atoms with Gasteiger partial charge in [-0.15, -0.1) is 0 Å². The summed E-state index contributed by atoms with van der Waals surface area (Å²) in [6, 6.07) is 9.52. The van der Waals surface area contributed by atoms with Crippen LogP contribution in [-0.4, -0.2) is 24.6 Å². The van der Waals surface area contributed by atoms with E-state index in [4.69, 9.17) is 9.47 Å². The van der Waals surface area contributed by atoms with Crippen LogP contribution in [0, 0.1) is 17.6 Å². The molecule has 0 fully saturated rings. The van der Waals surface area contributed by atoms with E-state index in [1.807, 2.05) is 0 Å². The summed E-state index contributed by atoms with van der Waals surface area (Å²) in [5.74, 6) is -2.26. The zero-order valence-electron chi connectivity index (χ0n) is 16.0. The van der Waals surface area contributed by atoms with Gasteiger partial charge in [-0.05, 0) is 55.7 Å². The summed E-state index contributed by atoms with van der Waals surface area (Å²) in [6.07, 6.45) is -0.326. The standard InChI is InChI=1S/C21H23F2NO4/c1-13(2)11-12-27-16-9-7-15(8-10-16)21(26)28-14(3)20(25)24-19-17(22)5-4-6-18(19)23/h4-10,13-14H,11-12H2,1-3H3,(H,24,25). The van der Waals surface area contributed by atoms with Crippen LogP contribution in [0.2, 0.25) is 0 Å². The number of halogens is 2. The first kappa shape index (κ1) is 21.3. The van der Waals surface area contributed by atoms with Crippen molar-refractivity contribution in [3.63, 3.8) is 0 Å². The van der Waals surface area contributed by atoms with Crippen LogP contribution >= 0.6 is 0 Å². The highest BCUT2D eigenvalue weighted by molar-refractivity contribution is 5.97. The second kappa shape index (κ2) is 9.82. The summed E-state index contributed by atoms with van der Waals surface area (Å²) >= 11 is 0. The smallest absolute Gasteiger partial charge is 0.338 e. The zero-order valence-corrected chi connectivity index (χ0v) is 16.0. The van der Waals surface area contributed by atoms with Gasteiger partial charge >= 0.3 is 5.97 Å². The van der Waals surface area contributed by atoms with Gasteiger partial charge in [0.15, 0.2) is 6.10 Å². The van der Waals surface area contributed by atoms with Gasteiger partial charge in [-0.3, -0.25) is 4.79 Å². The fourth-order valence-electron chi connectivity index (χ4n) is 2.22. The third kappa shape index (κ3) is 6.04. The number of benzene rings is 2. The third-order valence-electron chi connectivity index (χ3n) is 3.92. The van der Waals surface area contributed by atoms with E-state index in [9.17, 15) is 18.4 Å². The number of ether oxygens (including phenoxy) is 2. The van der Waals surface area contributed by atoms with Crippen molar-refractivity contribution in [2.75, 3.05) is 11.9 Å². The monoisotopic (exact) mass is 391 g/mol. The van der Waals surface area contributed by atoms with Gasteiger partial charge in [0.25, 0.3) is 5.91 Å². The summed E-state index contributed by atoms with van der Waals surface area (Å²) in [4.78, 5) is 24.2.